The minimum Gasteiger partial charge on any atom is -0.478 e. The molecule has 1 N–H and O–H groups in total. The summed E-state index contributed by atoms with van der Waals surface area (Å²) in [5.41, 5.74) is 0.627. The van der Waals surface area contributed by atoms with Crippen LogP contribution in [-0.4, -0.2) is 29.8 Å². The van der Waals surface area contributed by atoms with Crippen molar-refractivity contribution in [3.05, 3.63) is 24.3 Å². The first-order valence-electron chi connectivity index (χ1n) is 6.59. The third kappa shape index (κ3) is 14.4. The number of carbonyl (C=O) groups is 2. The van der Waals surface area contributed by atoms with Crippen LogP contribution in [0.3, 0.4) is 0 Å². The van der Waals surface area contributed by atoms with Gasteiger partial charge >= 0.3 is 11.9 Å². The van der Waals surface area contributed by atoms with E-state index in [4.69, 9.17) is 5.11 Å². The quantitative estimate of drug-likeness (QED) is 0.637. The standard InChI is InChI=1S/C6H10O2.C5H9O.C4H6O2/c1-4-8-6(7)5(2)3;6-5-3-1-2-4-5;1-3(2)4(5)6/h2,4H2,1,3H3;5H,1-4H2;1H2,2H3,(H,5,6). The van der Waals surface area contributed by atoms with Crippen LogP contribution in [0.1, 0.15) is 46.5 Å². The van der Waals surface area contributed by atoms with Gasteiger partial charge in [-0.25, -0.2) is 14.7 Å². The van der Waals surface area contributed by atoms with Crippen LogP contribution in [0, 0.1) is 0 Å². The second-order valence-electron chi connectivity index (χ2n) is 4.49. The highest BCUT2D eigenvalue weighted by Gasteiger charge is 2.11. The Balaban J connectivity index is 0. The maximum absolute atomic E-state index is 10.4. The molecule has 1 saturated carbocycles. The molecule has 5 heteroatoms. The van der Waals surface area contributed by atoms with E-state index in [2.05, 4.69) is 17.9 Å². The van der Waals surface area contributed by atoms with Crippen LogP contribution in [0.4, 0.5) is 0 Å². The number of carboxylic acids is 1. The summed E-state index contributed by atoms with van der Waals surface area (Å²) in [4.78, 5) is 20.0. The average molecular weight is 285 g/mol. The Morgan fingerprint density at radius 3 is 1.65 bits per heavy atom. The molecule has 0 aromatic rings. The van der Waals surface area contributed by atoms with Crippen LogP contribution in [0.25, 0.3) is 0 Å². The molecule has 1 aliphatic carbocycles. The number of carbonyl (C=O) groups excluding carboxylic acids is 1. The van der Waals surface area contributed by atoms with Crippen molar-refractivity contribution in [1.82, 2.24) is 0 Å². The smallest absolute Gasteiger partial charge is 0.333 e. The molecule has 0 atom stereocenters. The van der Waals surface area contributed by atoms with Crippen LogP contribution in [0.2, 0.25) is 0 Å². The SMILES string of the molecule is C=C(C)C(=O)O.C=C(C)C(=O)OCC.[O]C1CCCC1. The highest BCUT2D eigenvalue weighted by molar-refractivity contribution is 5.86. The average Bonchev–Trinajstić information content (AvgIpc) is 2.82. The van der Waals surface area contributed by atoms with E-state index in [-0.39, 0.29) is 17.6 Å². The van der Waals surface area contributed by atoms with E-state index in [1.807, 2.05) is 0 Å². The first kappa shape index (κ1) is 20.7. The highest BCUT2D eigenvalue weighted by Crippen LogP contribution is 2.17. The van der Waals surface area contributed by atoms with Crippen molar-refractivity contribution >= 4 is 11.9 Å². The lowest BCUT2D eigenvalue weighted by molar-refractivity contribution is -0.138. The molecule has 0 aliphatic heterocycles. The fourth-order valence-electron chi connectivity index (χ4n) is 1.14. The lowest BCUT2D eigenvalue weighted by Gasteiger charge is -1.96. The zero-order valence-corrected chi connectivity index (χ0v) is 12.6. The molecule has 5 nitrogen and oxygen atoms in total. The summed E-state index contributed by atoms with van der Waals surface area (Å²) in [7, 11) is 0. The monoisotopic (exact) mass is 285 g/mol. The number of carboxylic acid groups (broad SMARTS) is 1. The van der Waals surface area contributed by atoms with Gasteiger partial charge in [0.2, 0.25) is 0 Å². The molecule has 115 valence electrons. The van der Waals surface area contributed by atoms with E-state index >= 15 is 0 Å². The maximum atomic E-state index is 10.4. The summed E-state index contributed by atoms with van der Waals surface area (Å²) < 4.78 is 4.56. The van der Waals surface area contributed by atoms with Gasteiger partial charge in [0.1, 0.15) is 0 Å². The van der Waals surface area contributed by atoms with Crippen molar-refractivity contribution in [1.29, 1.82) is 0 Å². The van der Waals surface area contributed by atoms with Crippen molar-refractivity contribution in [2.75, 3.05) is 6.61 Å². The molecule has 0 amide bonds. The Morgan fingerprint density at radius 2 is 1.55 bits per heavy atom. The van der Waals surface area contributed by atoms with Gasteiger partial charge in [-0.2, -0.15) is 0 Å². The van der Waals surface area contributed by atoms with Crippen molar-refractivity contribution in [3.8, 4) is 0 Å². The second kappa shape index (κ2) is 12.4. The highest BCUT2D eigenvalue weighted by atomic mass is 16.5. The molecule has 0 spiro atoms. The van der Waals surface area contributed by atoms with E-state index in [0.717, 1.165) is 12.8 Å². The molecule has 0 bridgehead atoms. The van der Waals surface area contributed by atoms with Gasteiger partial charge in [-0.3, -0.25) is 0 Å². The third-order valence-electron chi connectivity index (χ3n) is 2.29. The van der Waals surface area contributed by atoms with Crippen LogP contribution >= 0.6 is 0 Å². The van der Waals surface area contributed by atoms with E-state index in [0.29, 0.717) is 12.2 Å². The summed E-state index contributed by atoms with van der Waals surface area (Å²) in [5.74, 6) is -1.25. The van der Waals surface area contributed by atoms with Crippen molar-refractivity contribution in [3.63, 3.8) is 0 Å². The molecule has 1 radical (unpaired) electrons. The van der Waals surface area contributed by atoms with E-state index in [9.17, 15) is 14.7 Å². The molecular weight excluding hydrogens is 260 g/mol. The van der Waals surface area contributed by atoms with E-state index in [1.54, 1.807) is 13.8 Å². The van der Waals surface area contributed by atoms with Crippen LogP contribution in [0.15, 0.2) is 24.3 Å². The Hall–Kier alpha value is -1.62. The largest absolute Gasteiger partial charge is 0.478 e. The number of ether oxygens (including phenoxy) is 1. The van der Waals surface area contributed by atoms with E-state index < -0.39 is 5.97 Å². The van der Waals surface area contributed by atoms with Crippen molar-refractivity contribution in [2.24, 2.45) is 0 Å². The van der Waals surface area contributed by atoms with Crippen molar-refractivity contribution < 1.29 is 24.5 Å². The van der Waals surface area contributed by atoms with Crippen molar-refractivity contribution in [2.45, 2.75) is 52.6 Å². The van der Waals surface area contributed by atoms with Gasteiger partial charge in [0.15, 0.2) is 0 Å². The summed E-state index contributed by atoms with van der Waals surface area (Å²) in [6.07, 6.45) is 4.01. The molecule has 0 aromatic carbocycles. The first-order chi connectivity index (χ1) is 9.22. The van der Waals surface area contributed by atoms with Gasteiger partial charge in [-0.05, 0) is 33.6 Å². The fourth-order valence-corrected chi connectivity index (χ4v) is 1.14. The summed E-state index contributed by atoms with van der Waals surface area (Å²) in [6, 6.07) is 0. The number of hydrogen-bond donors (Lipinski definition) is 1. The third-order valence-corrected chi connectivity index (χ3v) is 2.29. The van der Waals surface area contributed by atoms with Crippen LogP contribution in [-0.2, 0) is 19.4 Å². The van der Waals surface area contributed by atoms with Crippen LogP contribution < -0.4 is 0 Å². The maximum Gasteiger partial charge on any atom is 0.333 e. The molecule has 0 saturated heterocycles. The second-order valence-corrected chi connectivity index (χ2v) is 4.49. The predicted molar refractivity (Wildman–Crippen MR) is 76.8 cm³/mol. The molecule has 0 heterocycles. The summed E-state index contributed by atoms with van der Waals surface area (Å²) in [5, 5.41) is 18.2. The van der Waals surface area contributed by atoms with Gasteiger partial charge in [-0.1, -0.05) is 26.0 Å². The minimum atomic E-state index is -0.935. The molecule has 20 heavy (non-hydrogen) atoms. The Labute approximate surface area is 121 Å². The normalized spacial score (nSPS) is 13.2. The fraction of sp³-hybridized carbons (Fsp3) is 0.600. The predicted octanol–water partition coefficient (Wildman–Crippen LogP) is 3.13. The van der Waals surface area contributed by atoms with Crippen LogP contribution in [0.5, 0.6) is 0 Å². The van der Waals surface area contributed by atoms with Gasteiger partial charge in [0, 0.05) is 11.1 Å². The number of hydrogen-bond acceptors (Lipinski definition) is 3. The summed E-state index contributed by atoms with van der Waals surface area (Å²) >= 11 is 0. The van der Waals surface area contributed by atoms with Gasteiger partial charge in [0.25, 0.3) is 0 Å². The van der Waals surface area contributed by atoms with Gasteiger partial charge < -0.3 is 9.84 Å². The topological polar surface area (TPSA) is 83.5 Å². The van der Waals surface area contributed by atoms with E-state index in [1.165, 1.54) is 19.8 Å². The number of esters is 1. The Kier molecular flexibility index (Phi) is 12.8. The molecular formula is C15H25O5. The lowest BCUT2D eigenvalue weighted by atomic mass is 10.3. The lowest BCUT2D eigenvalue weighted by Crippen LogP contribution is -2.03. The number of rotatable bonds is 3. The summed E-state index contributed by atoms with van der Waals surface area (Å²) in [6.45, 7) is 11.8. The number of aliphatic carboxylic acids is 1. The molecule has 0 unspecified atom stereocenters. The molecule has 0 aromatic heterocycles. The minimum absolute atomic E-state index is 0.176. The zero-order valence-electron chi connectivity index (χ0n) is 12.6. The van der Waals surface area contributed by atoms with Gasteiger partial charge in [-0.15, -0.1) is 0 Å². The Bertz CT molecular complexity index is 315. The first-order valence-corrected chi connectivity index (χ1v) is 6.59. The molecule has 1 fully saturated rings. The molecule has 1 rings (SSSR count). The molecule has 1 aliphatic rings. The van der Waals surface area contributed by atoms with Gasteiger partial charge in [0.05, 0.1) is 12.7 Å². The zero-order chi connectivity index (χ0) is 16.1. The Morgan fingerprint density at radius 1 is 1.15 bits per heavy atom.